The van der Waals surface area contributed by atoms with E-state index in [9.17, 15) is 14.7 Å². The molecule has 0 unspecified atom stereocenters. The normalized spacial score (nSPS) is 30.4. The van der Waals surface area contributed by atoms with Crippen molar-refractivity contribution in [3.05, 3.63) is 130 Å². The second kappa shape index (κ2) is 16.7. The molecule has 11 rings (SSSR count). The predicted octanol–water partition coefficient (Wildman–Crippen LogP) is 9.91. The number of carbonyl (C=O) groups is 2. The van der Waals surface area contributed by atoms with E-state index in [0.717, 1.165) is 109 Å². The summed E-state index contributed by atoms with van der Waals surface area (Å²) < 4.78 is 13.1. The highest BCUT2D eigenvalue weighted by Crippen LogP contribution is 2.72. The minimum atomic E-state index is -0.827. The van der Waals surface area contributed by atoms with Gasteiger partial charge in [-0.15, -0.1) is 0 Å². The van der Waals surface area contributed by atoms with Gasteiger partial charge in [-0.05, 0) is 184 Å². The van der Waals surface area contributed by atoms with Gasteiger partial charge in [0, 0.05) is 23.6 Å². The second-order valence-electron chi connectivity index (χ2n) is 19.5. The third-order valence-corrected chi connectivity index (χ3v) is 16.4. The van der Waals surface area contributed by atoms with Crippen molar-refractivity contribution < 1.29 is 24.2 Å². The van der Waals surface area contributed by atoms with E-state index < -0.39 is 5.41 Å². The average Bonchev–Trinajstić information content (AvgIpc) is 4.00. The Morgan fingerprint density at radius 2 is 1.71 bits per heavy atom. The molecule has 8 nitrogen and oxygen atoms in total. The highest BCUT2D eigenvalue weighted by molar-refractivity contribution is 6.07. The largest absolute Gasteiger partial charge is 0.508 e. The number of fused-ring (bicyclic) bond motifs is 1. The summed E-state index contributed by atoms with van der Waals surface area (Å²) >= 11 is 0. The van der Waals surface area contributed by atoms with Gasteiger partial charge in [-0.25, -0.2) is 9.59 Å². The summed E-state index contributed by atoms with van der Waals surface area (Å²) in [6.07, 6.45) is 18.0. The smallest absolute Gasteiger partial charge is 0.340 e. The van der Waals surface area contributed by atoms with E-state index in [-0.39, 0.29) is 46.8 Å². The number of benzene rings is 3. The molecule has 2 saturated heterocycles. The first-order valence-electron chi connectivity index (χ1n) is 23.6. The van der Waals surface area contributed by atoms with Crippen molar-refractivity contribution in [2.45, 2.75) is 103 Å². The zero-order valence-electron chi connectivity index (χ0n) is 36.7. The number of phenols is 1. The molecule has 3 aromatic rings. The van der Waals surface area contributed by atoms with Crippen LogP contribution < -0.4 is 16.0 Å². The summed E-state index contributed by atoms with van der Waals surface area (Å²) in [7, 11) is 4.00. The quantitative estimate of drug-likeness (QED) is 0.134. The fraction of sp³-hybridized carbons (Fsp3) is 0.481. The number of rotatable bonds is 12. The van der Waals surface area contributed by atoms with Gasteiger partial charge in [0.1, 0.15) is 17.3 Å². The van der Waals surface area contributed by atoms with Crippen molar-refractivity contribution in [1.82, 2.24) is 16.0 Å². The van der Waals surface area contributed by atoms with Crippen molar-refractivity contribution in [1.29, 1.82) is 0 Å². The monoisotopic (exact) mass is 833 g/mol. The van der Waals surface area contributed by atoms with E-state index >= 15 is 0 Å². The van der Waals surface area contributed by atoms with Crippen LogP contribution in [-0.4, -0.2) is 43.9 Å². The number of hydrogen-bond acceptors (Lipinski definition) is 8. The number of piperidine rings is 1. The summed E-state index contributed by atoms with van der Waals surface area (Å²) in [5.74, 6) is 1.69. The lowest BCUT2D eigenvalue weighted by Crippen LogP contribution is -2.52. The Morgan fingerprint density at radius 1 is 0.887 bits per heavy atom. The fourth-order valence-electron chi connectivity index (χ4n) is 13.6. The zero-order chi connectivity index (χ0) is 42.6. The topological polar surface area (TPSA) is 109 Å². The number of nitrogens with one attached hydrogen (secondary N) is 3. The lowest BCUT2D eigenvalue weighted by atomic mass is 9.44. The molecular formula is C54H63N3O5. The summed E-state index contributed by atoms with van der Waals surface area (Å²) in [6.45, 7) is 3.96. The van der Waals surface area contributed by atoms with Gasteiger partial charge in [-0.3, -0.25) is 0 Å². The van der Waals surface area contributed by atoms with Crippen LogP contribution >= 0.6 is 0 Å². The molecule has 8 aliphatic rings. The maximum atomic E-state index is 14.9. The predicted molar refractivity (Wildman–Crippen MR) is 243 cm³/mol. The van der Waals surface area contributed by atoms with Crippen molar-refractivity contribution in [2.24, 2.45) is 40.4 Å². The van der Waals surface area contributed by atoms with Gasteiger partial charge >= 0.3 is 11.9 Å². The molecule has 0 amide bonds. The van der Waals surface area contributed by atoms with E-state index in [2.05, 4.69) is 90.6 Å². The number of esters is 2. The first-order valence-corrected chi connectivity index (χ1v) is 23.6. The van der Waals surface area contributed by atoms with Gasteiger partial charge in [0.05, 0.1) is 17.2 Å². The SMILES string of the molecule is CC[C@H](C=C1OC(=O)C2=C(c3cc(O)ccc3-c3cccc(CNC)c3)[C@@H]3CC[C@]12[C@H]1C2=C(CC[C@H]31)C(=CCC1([C@H]3CCN[C@H](NC)C3)CCCC1)OC2=O)Cc1ccccc1. The Morgan fingerprint density at radius 3 is 2.50 bits per heavy atom. The van der Waals surface area contributed by atoms with E-state index in [1.807, 2.05) is 25.2 Å². The lowest BCUT2D eigenvalue weighted by molar-refractivity contribution is -0.135. The molecule has 3 aliphatic heterocycles. The number of aromatic hydroxyl groups is 1. The van der Waals surface area contributed by atoms with Crippen molar-refractivity contribution in [2.75, 3.05) is 20.6 Å². The number of carbonyl (C=O) groups excluding carboxylic acids is 2. The lowest BCUT2D eigenvalue weighted by Gasteiger charge is -2.56. The third kappa shape index (κ3) is 6.92. The molecule has 3 aromatic carbocycles. The van der Waals surface area contributed by atoms with Crippen LogP contribution in [0, 0.1) is 40.4 Å². The molecule has 1 spiro atoms. The molecule has 7 atom stereocenters. The summed E-state index contributed by atoms with van der Waals surface area (Å²) in [6, 6.07) is 24.7. The van der Waals surface area contributed by atoms with E-state index in [0.29, 0.717) is 23.4 Å². The summed E-state index contributed by atoms with van der Waals surface area (Å²) in [4.78, 5) is 29.6. The molecule has 2 saturated carbocycles. The fourth-order valence-corrected chi connectivity index (χ4v) is 13.6. The van der Waals surface area contributed by atoms with Crippen LogP contribution in [0.5, 0.6) is 5.75 Å². The average molecular weight is 834 g/mol. The number of phenolic OH excluding ortho intramolecular Hbond substituents is 1. The van der Waals surface area contributed by atoms with Gasteiger partial charge in [-0.2, -0.15) is 0 Å². The zero-order valence-corrected chi connectivity index (χ0v) is 36.7. The first kappa shape index (κ1) is 41.3. The van der Waals surface area contributed by atoms with Gasteiger partial charge in [0.2, 0.25) is 0 Å². The van der Waals surface area contributed by atoms with Crippen LogP contribution in [0.1, 0.15) is 101 Å². The summed E-state index contributed by atoms with van der Waals surface area (Å²) in [5.41, 5.74) is 8.21. The van der Waals surface area contributed by atoms with Crippen LogP contribution in [-0.2, 0) is 32.0 Å². The Balaban J connectivity index is 1.12. The Labute approximate surface area is 367 Å². The first-order chi connectivity index (χ1) is 30.3. The van der Waals surface area contributed by atoms with Crippen molar-refractivity contribution in [3.8, 4) is 16.9 Å². The molecule has 4 N–H and O–H groups in total. The maximum Gasteiger partial charge on any atom is 0.340 e. The highest BCUT2D eigenvalue weighted by Gasteiger charge is 2.68. The molecule has 0 radical (unpaired) electrons. The minimum absolute atomic E-state index is 0.00720. The number of ether oxygens (including phenoxy) is 2. The van der Waals surface area contributed by atoms with E-state index in [4.69, 9.17) is 9.47 Å². The van der Waals surface area contributed by atoms with Crippen LogP contribution in [0.3, 0.4) is 0 Å². The maximum absolute atomic E-state index is 14.9. The van der Waals surface area contributed by atoms with Crippen LogP contribution in [0.4, 0.5) is 0 Å². The standard InChI is InChI=1S/C54H63N3O5/c1-4-33(27-34-11-6-5-7-12-34)29-45-54-25-19-40(47(50(54)52(60)62-45)43-31-38(58)15-16-39(43)36-14-10-13-35(28-36)32-55-2)41-17-18-42-44(61-51(59)48(42)49(41)54)20-24-53(22-8-9-23-53)37-21-26-57-46(30-37)56-3/h5-7,10-16,20,28-29,31,33,37,40-41,46,49,55-58H,4,8-9,17-19,21-27,30,32H2,1-3H3/t33-,37-,40+,41+,46-,49+,54+/m0/s1. The molecule has 8 heteroatoms. The Bertz CT molecular complexity index is 2370. The third-order valence-electron chi connectivity index (χ3n) is 16.4. The molecule has 62 heavy (non-hydrogen) atoms. The molecule has 2 bridgehead atoms. The van der Waals surface area contributed by atoms with Crippen LogP contribution in [0.25, 0.3) is 16.7 Å². The Hall–Kier alpha value is -4.76. The highest BCUT2D eigenvalue weighted by atomic mass is 16.5. The molecule has 5 aliphatic carbocycles. The van der Waals surface area contributed by atoms with Gasteiger partial charge < -0.3 is 30.5 Å². The number of cyclic esters (lactones) is 2. The van der Waals surface area contributed by atoms with E-state index in [1.165, 1.54) is 37.7 Å². The molecule has 3 heterocycles. The van der Waals surface area contributed by atoms with Gasteiger partial charge in [-0.1, -0.05) is 74.4 Å². The molecular weight excluding hydrogens is 771 g/mol. The van der Waals surface area contributed by atoms with Gasteiger partial charge in [0.25, 0.3) is 0 Å². The van der Waals surface area contributed by atoms with Crippen molar-refractivity contribution in [3.63, 3.8) is 0 Å². The molecule has 324 valence electrons. The molecule has 0 aromatic heterocycles. The minimum Gasteiger partial charge on any atom is -0.508 e. The van der Waals surface area contributed by atoms with Gasteiger partial charge in [0.15, 0.2) is 0 Å². The number of hydrogen-bond donors (Lipinski definition) is 4. The van der Waals surface area contributed by atoms with Crippen LogP contribution in [0.2, 0.25) is 0 Å². The second-order valence-corrected chi connectivity index (χ2v) is 19.5. The molecule has 4 fully saturated rings. The Kier molecular flexibility index (Phi) is 11.1. The van der Waals surface area contributed by atoms with Crippen molar-refractivity contribution >= 4 is 17.5 Å². The summed E-state index contributed by atoms with van der Waals surface area (Å²) in [5, 5.41) is 21.6. The van der Waals surface area contributed by atoms with Crippen LogP contribution in [0.15, 0.2) is 113 Å². The number of allylic oxidation sites excluding steroid dienone is 5. The van der Waals surface area contributed by atoms with E-state index in [1.54, 1.807) is 6.07 Å².